The Labute approximate surface area is 123 Å². The van der Waals surface area contributed by atoms with Gasteiger partial charge in [-0.1, -0.05) is 23.8 Å². The first-order valence-electron chi connectivity index (χ1n) is 6.55. The van der Waals surface area contributed by atoms with Crippen LogP contribution < -0.4 is 0 Å². The van der Waals surface area contributed by atoms with E-state index in [0.29, 0.717) is 6.42 Å². The predicted octanol–water partition coefficient (Wildman–Crippen LogP) is 2.09. The number of rotatable bonds is 3. The van der Waals surface area contributed by atoms with Gasteiger partial charge in [0.1, 0.15) is 17.3 Å². The zero-order valence-corrected chi connectivity index (χ0v) is 12.2. The van der Waals surface area contributed by atoms with Gasteiger partial charge in [-0.2, -0.15) is 8.42 Å². The molecule has 1 aromatic carbocycles. The number of aryl methyl sites for hydroxylation is 1. The second-order valence-electron chi connectivity index (χ2n) is 5.08. The largest absolute Gasteiger partial charge is 0.454 e. The minimum Gasteiger partial charge on any atom is -0.454 e. The molecule has 0 spiro atoms. The molecule has 1 aromatic rings. The summed E-state index contributed by atoms with van der Waals surface area (Å²) >= 11 is 0. The van der Waals surface area contributed by atoms with Crippen molar-refractivity contribution in [2.75, 3.05) is 0 Å². The highest BCUT2D eigenvalue weighted by molar-refractivity contribution is 7.86. The summed E-state index contributed by atoms with van der Waals surface area (Å²) in [5.41, 5.74) is 1.22. The van der Waals surface area contributed by atoms with E-state index in [2.05, 4.69) is 0 Å². The van der Waals surface area contributed by atoms with E-state index in [1.165, 1.54) is 12.1 Å². The molecule has 1 saturated heterocycles. The molecule has 1 aliphatic heterocycles. The number of ether oxygens (including phenoxy) is 1. The molecule has 0 amide bonds. The average molecular weight is 306 g/mol. The van der Waals surface area contributed by atoms with Gasteiger partial charge in [0, 0.05) is 5.92 Å². The van der Waals surface area contributed by atoms with E-state index in [-0.39, 0.29) is 22.5 Å². The molecule has 1 aliphatic carbocycles. The summed E-state index contributed by atoms with van der Waals surface area (Å²) in [5, 5.41) is 0. The van der Waals surface area contributed by atoms with Crippen LogP contribution in [-0.4, -0.2) is 20.5 Å². The lowest BCUT2D eigenvalue weighted by molar-refractivity contribution is -0.137. The smallest absolute Gasteiger partial charge is 0.338 e. The molecule has 0 N–H and O–H groups in total. The monoisotopic (exact) mass is 306 g/mol. The van der Waals surface area contributed by atoms with E-state index in [1.807, 2.05) is 13.0 Å². The van der Waals surface area contributed by atoms with Gasteiger partial charge in [-0.05, 0) is 31.6 Å². The second-order valence-corrected chi connectivity index (χ2v) is 6.65. The standard InChI is InChI=1S/C15H14O5S/c1-10-5-7-11(8-6-10)21(17,18)19-9-13-12-3-2-4-14(12)20-15(13)16/h2,4-9,12,14H,3H2,1H3/b13-9+/t12-,14-/m0/s1. The molecule has 1 heterocycles. The van der Waals surface area contributed by atoms with E-state index < -0.39 is 16.1 Å². The molecule has 1 fully saturated rings. The molecule has 3 rings (SSSR count). The van der Waals surface area contributed by atoms with Crippen LogP contribution in [-0.2, 0) is 23.8 Å². The minimum atomic E-state index is -3.92. The molecule has 0 radical (unpaired) electrons. The molecule has 2 aliphatic rings. The zero-order valence-electron chi connectivity index (χ0n) is 11.4. The van der Waals surface area contributed by atoms with Gasteiger partial charge in [-0.25, -0.2) is 4.79 Å². The van der Waals surface area contributed by atoms with Crippen molar-refractivity contribution in [1.82, 2.24) is 0 Å². The van der Waals surface area contributed by atoms with Crippen molar-refractivity contribution < 1.29 is 22.1 Å². The second kappa shape index (κ2) is 5.04. The number of fused-ring (bicyclic) bond motifs is 1. The van der Waals surface area contributed by atoms with Gasteiger partial charge in [0.05, 0.1) is 5.57 Å². The number of carbonyl (C=O) groups is 1. The summed E-state index contributed by atoms with van der Waals surface area (Å²) in [7, 11) is -3.92. The molecule has 0 saturated carbocycles. The lowest BCUT2D eigenvalue weighted by Crippen LogP contribution is -2.09. The van der Waals surface area contributed by atoms with Crippen LogP contribution in [0.25, 0.3) is 0 Å². The first kappa shape index (κ1) is 13.9. The Kier molecular flexibility index (Phi) is 3.33. The Morgan fingerprint density at radius 2 is 2.00 bits per heavy atom. The maximum atomic E-state index is 12.1. The third-order valence-electron chi connectivity index (χ3n) is 3.60. The molecular weight excluding hydrogens is 292 g/mol. The van der Waals surface area contributed by atoms with Gasteiger partial charge in [-0.3, -0.25) is 0 Å². The van der Waals surface area contributed by atoms with Gasteiger partial charge in [-0.15, -0.1) is 0 Å². The van der Waals surface area contributed by atoms with Crippen LogP contribution in [0.5, 0.6) is 0 Å². The normalized spacial score (nSPS) is 26.0. The van der Waals surface area contributed by atoms with E-state index in [0.717, 1.165) is 11.8 Å². The summed E-state index contributed by atoms with van der Waals surface area (Å²) in [4.78, 5) is 11.7. The van der Waals surface area contributed by atoms with Crippen molar-refractivity contribution in [1.29, 1.82) is 0 Å². The van der Waals surface area contributed by atoms with E-state index in [4.69, 9.17) is 8.92 Å². The van der Waals surface area contributed by atoms with Gasteiger partial charge in [0.15, 0.2) is 0 Å². The molecule has 5 nitrogen and oxygen atoms in total. The van der Waals surface area contributed by atoms with Crippen LogP contribution >= 0.6 is 0 Å². The Hall–Kier alpha value is -2.08. The molecule has 6 heteroatoms. The van der Waals surface area contributed by atoms with Gasteiger partial charge in [0.2, 0.25) is 0 Å². The van der Waals surface area contributed by atoms with Crippen LogP contribution in [0.4, 0.5) is 0 Å². The Bertz CT molecular complexity index is 728. The van der Waals surface area contributed by atoms with Crippen LogP contribution in [0.1, 0.15) is 12.0 Å². The van der Waals surface area contributed by atoms with Crippen LogP contribution in [0.3, 0.4) is 0 Å². The fraction of sp³-hybridized carbons (Fsp3) is 0.267. The quantitative estimate of drug-likeness (QED) is 0.281. The number of hydrogen-bond donors (Lipinski definition) is 0. The van der Waals surface area contributed by atoms with Crippen molar-refractivity contribution in [2.45, 2.75) is 24.3 Å². The lowest BCUT2D eigenvalue weighted by atomic mass is 9.99. The highest BCUT2D eigenvalue weighted by Gasteiger charge is 2.41. The molecular formula is C15H14O5S. The fourth-order valence-electron chi connectivity index (χ4n) is 2.41. The lowest BCUT2D eigenvalue weighted by Gasteiger charge is -2.06. The van der Waals surface area contributed by atoms with Crippen molar-refractivity contribution in [3.05, 3.63) is 53.8 Å². The fourth-order valence-corrected chi connectivity index (χ4v) is 3.22. The zero-order chi connectivity index (χ0) is 15.0. The van der Waals surface area contributed by atoms with E-state index in [9.17, 15) is 13.2 Å². The van der Waals surface area contributed by atoms with Gasteiger partial charge >= 0.3 is 16.1 Å². The molecule has 0 unspecified atom stereocenters. The SMILES string of the molecule is Cc1ccc(S(=O)(=O)O/C=C2/C(=O)O[C@H]3C=CC[C@@H]23)cc1. The molecule has 0 bridgehead atoms. The van der Waals surface area contributed by atoms with Crippen molar-refractivity contribution in [3.63, 3.8) is 0 Å². The first-order chi connectivity index (χ1) is 9.97. The maximum absolute atomic E-state index is 12.1. The third kappa shape index (κ3) is 2.58. The minimum absolute atomic E-state index is 0.0532. The summed E-state index contributed by atoms with van der Waals surface area (Å²) in [6.45, 7) is 1.86. The number of allylic oxidation sites excluding steroid dienone is 1. The van der Waals surface area contributed by atoms with Crippen molar-refractivity contribution in [3.8, 4) is 0 Å². The predicted molar refractivity (Wildman–Crippen MR) is 74.7 cm³/mol. The third-order valence-corrected chi connectivity index (χ3v) is 4.80. The number of esters is 1. The number of benzene rings is 1. The summed E-state index contributed by atoms with van der Waals surface area (Å²) in [6.07, 6.45) is 5.07. The van der Waals surface area contributed by atoms with Gasteiger partial charge in [0.25, 0.3) is 0 Å². The molecule has 110 valence electrons. The van der Waals surface area contributed by atoms with Crippen LogP contribution in [0.2, 0.25) is 0 Å². The highest BCUT2D eigenvalue weighted by Crippen LogP contribution is 2.36. The van der Waals surface area contributed by atoms with E-state index >= 15 is 0 Å². The summed E-state index contributed by atoms with van der Waals surface area (Å²) in [5.74, 6) is -0.667. The molecule has 0 aromatic heterocycles. The Balaban J connectivity index is 1.81. The van der Waals surface area contributed by atoms with Gasteiger partial charge < -0.3 is 8.92 Å². The summed E-state index contributed by atoms with van der Waals surface area (Å²) in [6, 6.07) is 6.31. The Morgan fingerprint density at radius 1 is 1.29 bits per heavy atom. The summed E-state index contributed by atoms with van der Waals surface area (Å²) < 4.78 is 34.1. The highest BCUT2D eigenvalue weighted by atomic mass is 32.2. The van der Waals surface area contributed by atoms with Crippen molar-refractivity contribution >= 4 is 16.1 Å². The number of hydrogen-bond acceptors (Lipinski definition) is 5. The van der Waals surface area contributed by atoms with Crippen LogP contribution in [0, 0.1) is 12.8 Å². The maximum Gasteiger partial charge on any atom is 0.338 e. The molecule has 21 heavy (non-hydrogen) atoms. The van der Waals surface area contributed by atoms with E-state index in [1.54, 1.807) is 18.2 Å². The number of carbonyl (C=O) groups excluding carboxylic acids is 1. The Morgan fingerprint density at radius 3 is 2.71 bits per heavy atom. The average Bonchev–Trinajstić information content (AvgIpc) is 2.98. The first-order valence-corrected chi connectivity index (χ1v) is 7.96. The topological polar surface area (TPSA) is 69.7 Å². The van der Waals surface area contributed by atoms with Crippen molar-refractivity contribution in [2.24, 2.45) is 5.92 Å². The molecule has 2 atom stereocenters. The van der Waals surface area contributed by atoms with Crippen LogP contribution in [0.15, 0.2) is 53.1 Å².